The van der Waals surface area contributed by atoms with Crippen LogP contribution in [0.5, 0.6) is 0 Å². The number of allylic oxidation sites excluding steroid dienone is 1. The van der Waals surface area contributed by atoms with Gasteiger partial charge in [0.15, 0.2) is 5.83 Å². The predicted octanol–water partition coefficient (Wildman–Crippen LogP) is 2.91. The van der Waals surface area contributed by atoms with Crippen molar-refractivity contribution < 1.29 is 22.3 Å². The van der Waals surface area contributed by atoms with E-state index >= 15 is 0 Å². The lowest BCUT2D eigenvalue weighted by Crippen LogP contribution is -1.88. The SMILES string of the molecule is C/C(F)=C(/F)OCC=C(F)F. The molecule has 0 radical (unpaired) electrons. The van der Waals surface area contributed by atoms with Crippen LogP contribution < -0.4 is 0 Å². The topological polar surface area (TPSA) is 9.23 Å². The molecule has 0 rings (SSSR count). The molecule has 0 aliphatic heterocycles. The normalized spacial score (nSPS) is 12.1. The molecule has 0 spiro atoms. The minimum absolute atomic E-state index is 0.336. The molecule has 0 aromatic carbocycles. The molecule has 0 fully saturated rings. The number of hydrogen-bond acceptors (Lipinski definition) is 1. The van der Waals surface area contributed by atoms with Crippen molar-refractivity contribution in [3.63, 3.8) is 0 Å². The van der Waals surface area contributed by atoms with E-state index in [0.717, 1.165) is 6.92 Å². The van der Waals surface area contributed by atoms with E-state index in [1.807, 2.05) is 0 Å². The molecule has 0 saturated heterocycles. The van der Waals surface area contributed by atoms with Gasteiger partial charge >= 0.3 is 6.01 Å². The van der Waals surface area contributed by atoms with Gasteiger partial charge in [-0.15, -0.1) is 0 Å². The van der Waals surface area contributed by atoms with Crippen molar-refractivity contribution in [2.75, 3.05) is 6.61 Å². The Labute approximate surface area is 61.0 Å². The van der Waals surface area contributed by atoms with Crippen LogP contribution in [0.15, 0.2) is 24.0 Å². The molecule has 0 aromatic rings. The molecular formula is C6H6F4O. The molecule has 0 saturated carbocycles. The summed E-state index contributed by atoms with van der Waals surface area (Å²) in [5.41, 5.74) is 0. The Hall–Kier alpha value is -1.00. The molecule has 1 nitrogen and oxygen atoms in total. The van der Waals surface area contributed by atoms with Crippen LogP contribution in [0.25, 0.3) is 0 Å². The van der Waals surface area contributed by atoms with Crippen LogP contribution in [0.1, 0.15) is 6.92 Å². The fourth-order valence-electron chi connectivity index (χ4n) is 0.277. The van der Waals surface area contributed by atoms with Gasteiger partial charge in [-0.2, -0.15) is 13.2 Å². The van der Waals surface area contributed by atoms with Gasteiger partial charge in [0, 0.05) is 6.08 Å². The first-order valence-corrected chi connectivity index (χ1v) is 2.70. The van der Waals surface area contributed by atoms with E-state index in [1.165, 1.54) is 0 Å². The van der Waals surface area contributed by atoms with Gasteiger partial charge in [0.25, 0.3) is 6.08 Å². The molecule has 5 heteroatoms. The van der Waals surface area contributed by atoms with Gasteiger partial charge < -0.3 is 4.74 Å². The maximum Gasteiger partial charge on any atom is 0.304 e. The van der Waals surface area contributed by atoms with Gasteiger partial charge in [0.1, 0.15) is 6.61 Å². The number of hydrogen-bond donors (Lipinski definition) is 0. The fourth-order valence-corrected chi connectivity index (χ4v) is 0.277. The van der Waals surface area contributed by atoms with Crippen molar-refractivity contribution in [3.05, 3.63) is 24.0 Å². The van der Waals surface area contributed by atoms with E-state index in [-0.39, 0.29) is 0 Å². The van der Waals surface area contributed by atoms with Crippen LogP contribution in [0.2, 0.25) is 0 Å². The summed E-state index contributed by atoms with van der Waals surface area (Å²) in [4.78, 5) is 0. The van der Waals surface area contributed by atoms with Gasteiger partial charge in [0.2, 0.25) is 0 Å². The number of halogens is 4. The van der Waals surface area contributed by atoms with Gasteiger partial charge in [-0.3, -0.25) is 0 Å². The fraction of sp³-hybridized carbons (Fsp3) is 0.333. The van der Waals surface area contributed by atoms with E-state index in [1.54, 1.807) is 0 Å². The van der Waals surface area contributed by atoms with Crippen molar-refractivity contribution in [3.8, 4) is 0 Å². The van der Waals surface area contributed by atoms with Gasteiger partial charge in [-0.25, -0.2) is 4.39 Å². The van der Waals surface area contributed by atoms with Crippen molar-refractivity contribution >= 4 is 0 Å². The van der Waals surface area contributed by atoms with E-state index in [4.69, 9.17) is 0 Å². The van der Waals surface area contributed by atoms with Crippen LogP contribution in [0, 0.1) is 0 Å². The molecule has 0 amide bonds. The minimum Gasteiger partial charge on any atom is -0.465 e. The Morgan fingerprint density at radius 2 is 1.82 bits per heavy atom. The monoisotopic (exact) mass is 170 g/mol. The van der Waals surface area contributed by atoms with E-state index < -0.39 is 24.5 Å². The van der Waals surface area contributed by atoms with Gasteiger partial charge in [0.05, 0.1) is 0 Å². The third-order valence-corrected chi connectivity index (χ3v) is 0.719. The zero-order valence-electron chi connectivity index (χ0n) is 5.70. The first-order valence-electron chi connectivity index (χ1n) is 2.70. The molecule has 0 aromatic heterocycles. The molecule has 0 unspecified atom stereocenters. The van der Waals surface area contributed by atoms with Crippen molar-refractivity contribution in [1.29, 1.82) is 0 Å². The molecule has 11 heavy (non-hydrogen) atoms. The molecule has 0 N–H and O–H groups in total. The van der Waals surface area contributed by atoms with Crippen LogP contribution in [-0.4, -0.2) is 6.61 Å². The molecule has 0 bridgehead atoms. The van der Waals surface area contributed by atoms with E-state index in [2.05, 4.69) is 4.74 Å². The summed E-state index contributed by atoms with van der Waals surface area (Å²) in [6.45, 7) is 0.153. The maximum atomic E-state index is 12.0. The van der Waals surface area contributed by atoms with Crippen molar-refractivity contribution in [2.24, 2.45) is 0 Å². The summed E-state index contributed by atoms with van der Waals surface area (Å²) in [6.07, 6.45) is -1.66. The smallest absolute Gasteiger partial charge is 0.304 e. The lowest BCUT2D eigenvalue weighted by atomic mass is 10.6. The van der Waals surface area contributed by atoms with E-state index in [0.29, 0.717) is 6.08 Å². The Bertz CT molecular complexity index is 177. The largest absolute Gasteiger partial charge is 0.465 e. The summed E-state index contributed by atoms with van der Waals surface area (Å²) in [7, 11) is 0. The zero-order chi connectivity index (χ0) is 8.85. The lowest BCUT2D eigenvalue weighted by Gasteiger charge is -1.97. The second-order valence-corrected chi connectivity index (χ2v) is 1.61. The molecule has 0 aliphatic rings. The molecule has 0 atom stereocenters. The Balaban J connectivity index is 3.73. The second-order valence-electron chi connectivity index (χ2n) is 1.61. The summed E-state index contributed by atoms with van der Waals surface area (Å²) >= 11 is 0. The average molecular weight is 170 g/mol. The van der Waals surface area contributed by atoms with Crippen molar-refractivity contribution in [1.82, 2.24) is 0 Å². The van der Waals surface area contributed by atoms with Crippen LogP contribution >= 0.6 is 0 Å². The highest BCUT2D eigenvalue weighted by Gasteiger charge is 1.99. The van der Waals surface area contributed by atoms with Gasteiger partial charge in [-0.1, -0.05) is 0 Å². The molecule has 64 valence electrons. The third kappa shape index (κ3) is 5.44. The Kier molecular flexibility index (Phi) is 4.33. The Morgan fingerprint density at radius 3 is 2.18 bits per heavy atom. The summed E-state index contributed by atoms with van der Waals surface area (Å²) in [6, 6.07) is -1.47. The van der Waals surface area contributed by atoms with Crippen molar-refractivity contribution in [2.45, 2.75) is 6.92 Å². The quantitative estimate of drug-likeness (QED) is 0.467. The highest BCUT2D eigenvalue weighted by molar-refractivity contribution is 4.89. The molecule has 0 heterocycles. The van der Waals surface area contributed by atoms with Crippen LogP contribution in [0.3, 0.4) is 0 Å². The maximum absolute atomic E-state index is 12.0. The average Bonchev–Trinajstić information content (AvgIpc) is 1.86. The lowest BCUT2D eigenvalue weighted by molar-refractivity contribution is 0.155. The standard InChI is InChI=1S/C6H6F4O/c1-4(7)6(10)11-3-2-5(8)9/h2H,3H2,1H3/b6-4+. The highest BCUT2D eigenvalue weighted by Crippen LogP contribution is 2.08. The zero-order valence-corrected chi connectivity index (χ0v) is 5.70. The first-order chi connectivity index (χ1) is 5.04. The summed E-state index contributed by atoms with van der Waals surface area (Å²) in [5.74, 6) is -1.17. The number of rotatable bonds is 3. The van der Waals surface area contributed by atoms with E-state index in [9.17, 15) is 17.6 Å². The number of ether oxygens (including phenoxy) is 1. The molecular weight excluding hydrogens is 164 g/mol. The highest BCUT2D eigenvalue weighted by atomic mass is 19.3. The van der Waals surface area contributed by atoms with Crippen LogP contribution in [0.4, 0.5) is 17.6 Å². The van der Waals surface area contributed by atoms with Crippen LogP contribution in [-0.2, 0) is 4.74 Å². The summed E-state index contributed by atoms with van der Waals surface area (Å²) < 4.78 is 50.1. The first kappa shape index (κ1) is 10.0. The molecule has 0 aliphatic carbocycles. The Morgan fingerprint density at radius 1 is 1.27 bits per heavy atom. The summed E-state index contributed by atoms with van der Waals surface area (Å²) in [5, 5.41) is 0. The minimum atomic E-state index is -1.99. The third-order valence-electron chi connectivity index (χ3n) is 0.719. The predicted molar refractivity (Wildman–Crippen MR) is 31.2 cm³/mol. The second kappa shape index (κ2) is 4.76. The van der Waals surface area contributed by atoms with Gasteiger partial charge in [-0.05, 0) is 6.92 Å².